The van der Waals surface area contributed by atoms with Crippen LogP contribution in [0.4, 0.5) is 0 Å². The zero-order valence-electron chi connectivity index (χ0n) is 18.6. The molecule has 0 N–H and O–H groups in total. The lowest BCUT2D eigenvalue weighted by atomic mass is 10.2. The molecule has 0 radical (unpaired) electrons. The number of benzene rings is 2. The van der Waals surface area contributed by atoms with E-state index < -0.39 is 10.0 Å². The Morgan fingerprint density at radius 3 is 2.64 bits per heavy atom. The van der Waals surface area contributed by atoms with Crippen LogP contribution in [0.15, 0.2) is 63.4 Å². The van der Waals surface area contributed by atoms with Crippen LogP contribution in [0.1, 0.15) is 12.0 Å². The quantitative estimate of drug-likeness (QED) is 0.264. The van der Waals surface area contributed by atoms with Crippen LogP contribution in [0.5, 0.6) is 0 Å². The van der Waals surface area contributed by atoms with Crippen LogP contribution >= 0.6 is 11.8 Å². The highest BCUT2D eigenvalue weighted by Gasteiger charge is 2.19. The minimum Gasteiger partial charge on any atom is -0.385 e. The average molecular weight is 488 g/mol. The van der Waals surface area contributed by atoms with Crippen molar-refractivity contribution in [2.45, 2.75) is 28.8 Å². The van der Waals surface area contributed by atoms with E-state index in [1.54, 1.807) is 35.9 Å². The minimum atomic E-state index is -3.51. The number of para-hydroxylation sites is 1. The van der Waals surface area contributed by atoms with Crippen molar-refractivity contribution < 1.29 is 13.2 Å². The third-order valence-electron chi connectivity index (χ3n) is 5.25. The number of ether oxygens (including phenoxy) is 1. The molecule has 0 aliphatic heterocycles. The summed E-state index contributed by atoms with van der Waals surface area (Å²) >= 11 is 1.44. The second-order valence-corrected chi connectivity index (χ2v) is 10.8. The van der Waals surface area contributed by atoms with Gasteiger partial charge < -0.3 is 4.74 Å². The molecule has 0 saturated heterocycles. The third kappa shape index (κ3) is 4.54. The molecule has 0 fully saturated rings. The van der Waals surface area contributed by atoms with Gasteiger partial charge in [-0.25, -0.2) is 12.7 Å². The molecular weight excluding hydrogens is 462 g/mol. The lowest BCUT2D eigenvalue weighted by Gasteiger charge is -2.12. The Kier molecular flexibility index (Phi) is 6.84. The summed E-state index contributed by atoms with van der Waals surface area (Å²) in [6.45, 7) is 1.00. The van der Waals surface area contributed by atoms with E-state index >= 15 is 0 Å². The smallest absolute Gasteiger partial charge is 0.262 e. The third-order valence-corrected chi connectivity index (χ3v) is 8.06. The molecule has 11 heteroatoms. The lowest BCUT2D eigenvalue weighted by Crippen LogP contribution is -2.24. The van der Waals surface area contributed by atoms with Crippen molar-refractivity contribution in [3.63, 3.8) is 0 Å². The summed E-state index contributed by atoms with van der Waals surface area (Å²) in [6, 6.07) is 14.3. The van der Waals surface area contributed by atoms with Crippen LogP contribution in [-0.4, -0.2) is 59.7 Å². The van der Waals surface area contributed by atoms with Gasteiger partial charge in [0.05, 0.1) is 15.8 Å². The number of nitrogens with zero attached hydrogens (tertiary/aromatic N) is 5. The molecule has 0 atom stereocenters. The number of aromatic nitrogens is 4. The predicted molar refractivity (Wildman–Crippen MR) is 128 cm³/mol. The maximum atomic E-state index is 13.1. The minimum absolute atomic E-state index is 0.111. The van der Waals surface area contributed by atoms with Gasteiger partial charge in [0.1, 0.15) is 0 Å². The number of hydrogen-bond acceptors (Lipinski definition) is 7. The fraction of sp³-hybridized carbons (Fsp3) is 0.318. The first kappa shape index (κ1) is 23.4. The van der Waals surface area contributed by atoms with E-state index in [1.165, 1.54) is 30.2 Å². The summed E-state index contributed by atoms with van der Waals surface area (Å²) in [6.07, 6.45) is 0.673. The normalized spacial score (nSPS) is 12.2. The molecule has 0 aliphatic carbocycles. The van der Waals surface area contributed by atoms with Gasteiger partial charge in [-0.1, -0.05) is 36.0 Å². The molecule has 2 aromatic heterocycles. The van der Waals surface area contributed by atoms with Gasteiger partial charge >= 0.3 is 0 Å². The second-order valence-electron chi connectivity index (χ2n) is 7.66. The summed E-state index contributed by atoms with van der Waals surface area (Å²) in [7, 11) is 1.13. The molecule has 4 rings (SSSR count). The van der Waals surface area contributed by atoms with Crippen molar-refractivity contribution in [1.82, 2.24) is 23.5 Å². The van der Waals surface area contributed by atoms with Crippen molar-refractivity contribution in [3.05, 3.63) is 64.4 Å². The van der Waals surface area contributed by atoms with Gasteiger partial charge in [-0.3, -0.25) is 13.8 Å². The molecule has 0 bridgehead atoms. The van der Waals surface area contributed by atoms with E-state index in [-0.39, 0.29) is 10.5 Å². The Balaban J connectivity index is 1.72. The van der Waals surface area contributed by atoms with Gasteiger partial charge in [0, 0.05) is 40.1 Å². The number of methoxy groups -OCH3 is 1. The highest BCUT2D eigenvalue weighted by Crippen LogP contribution is 2.26. The highest BCUT2D eigenvalue weighted by molar-refractivity contribution is 7.98. The average Bonchev–Trinajstić information content (AvgIpc) is 3.24. The van der Waals surface area contributed by atoms with E-state index in [1.807, 2.05) is 28.7 Å². The number of fused-ring (bicyclic) bond motifs is 3. The summed E-state index contributed by atoms with van der Waals surface area (Å²) < 4.78 is 34.8. The number of aryl methyl sites for hydroxylation is 1. The van der Waals surface area contributed by atoms with E-state index in [2.05, 4.69) is 10.2 Å². The molecule has 174 valence electrons. The number of sulfonamides is 1. The molecule has 0 spiro atoms. The first-order valence-corrected chi connectivity index (χ1v) is 12.8. The Morgan fingerprint density at radius 2 is 1.88 bits per heavy atom. The van der Waals surface area contributed by atoms with E-state index in [0.717, 1.165) is 11.1 Å². The Morgan fingerprint density at radius 1 is 1.09 bits per heavy atom. The summed E-state index contributed by atoms with van der Waals surface area (Å²) in [5.41, 5.74) is 1.47. The van der Waals surface area contributed by atoms with Crippen LogP contribution in [-0.2, 0) is 27.1 Å². The molecule has 0 aliphatic rings. The summed E-state index contributed by atoms with van der Waals surface area (Å²) in [5, 5.41) is 9.87. The van der Waals surface area contributed by atoms with Crippen molar-refractivity contribution in [3.8, 4) is 0 Å². The van der Waals surface area contributed by atoms with Gasteiger partial charge in [0.2, 0.25) is 15.8 Å². The van der Waals surface area contributed by atoms with Crippen LogP contribution in [0.2, 0.25) is 0 Å². The number of thioether (sulfide) groups is 1. The van der Waals surface area contributed by atoms with Gasteiger partial charge in [-0.05, 0) is 36.2 Å². The topological polar surface area (TPSA) is 98.8 Å². The SMILES string of the molecule is COCCCn1c(=O)c2ccccc2n2c(SCc3cccc(S(=O)(=O)N(C)C)c3)nnc12. The largest absolute Gasteiger partial charge is 0.385 e. The monoisotopic (exact) mass is 487 g/mol. The summed E-state index contributed by atoms with van der Waals surface area (Å²) in [5.74, 6) is 0.968. The molecular formula is C22H25N5O4S2. The van der Waals surface area contributed by atoms with Crippen molar-refractivity contribution >= 4 is 38.5 Å². The summed E-state index contributed by atoms with van der Waals surface area (Å²) in [4.78, 5) is 13.3. The van der Waals surface area contributed by atoms with E-state index in [4.69, 9.17) is 4.74 Å². The Labute approximate surface area is 196 Å². The zero-order chi connectivity index (χ0) is 23.6. The molecule has 2 aromatic carbocycles. The van der Waals surface area contributed by atoms with Crippen LogP contribution in [0, 0.1) is 0 Å². The van der Waals surface area contributed by atoms with Gasteiger partial charge in [-0.2, -0.15) is 0 Å². The number of hydrogen-bond donors (Lipinski definition) is 0. The van der Waals surface area contributed by atoms with Gasteiger partial charge in [0.15, 0.2) is 5.16 Å². The van der Waals surface area contributed by atoms with Crippen LogP contribution < -0.4 is 5.56 Å². The molecule has 0 amide bonds. The fourth-order valence-electron chi connectivity index (χ4n) is 3.55. The molecule has 4 aromatic rings. The molecule has 0 unspecified atom stereocenters. The van der Waals surface area contributed by atoms with Crippen molar-refractivity contribution in [2.75, 3.05) is 27.8 Å². The van der Waals surface area contributed by atoms with Gasteiger partial charge in [0.25, 0.3) is 5.56 Å². The maximum absolute atomic E-state index is 13.1. The van der Waals surface area contributed by atoms with Crippen LogP contribution in [0.3, 0.4) is 0 Å². The molecule has 33 heavy (non-hydrogen) atoms. The van der Waals surface area contributed by atoms with E-state index in [0.29, 0.717) is 41.6 Å². The zero-order valence-corrected chi connectivity index (χ0v) is 20.3. The van der Waals surface area contributed by atoms with Crippen LogP contribution in [0.25, 0.3) is 16.7 Å². The molecule has 9 nitrogen and oxygen atoms in total. The highest BCUT2D eigenvalue weighted by atomic mass is 32.2. The molecule has 0 saturated carbocycles. The van der Waals surface area contributed by atoms with Crippen molar-refractivity contribution in [2.24, 2.45) is 0 Å². The predicted octanol–water partition coefficient (Wildman–Crippen LogP) is 2.62. The first-order valence-electron chi connectivity index (χ1n) is 10.3. The van der Waals surface area contributed by atoms with Gasteiger partial charge in [-0.15, -0.1) is 10.2 Å². The Bertz CT molecular complexity index is 1460. The second kappa shape index (κ2) is 9.64. The van der Waals surface area contributed by atoms with Crippen molar-refractivity contribution in [1.29, 1.82) is 0 Å². The maximum Gasteiger partial charge on any atom is 0.262 e. The lowest BCUT2D eigenvalue weighted by molar-refractivity contribution is 0.190. The van der Waals surface area contributed by atoms with E-state index in [9.17, 15) is 13.2 Å². The number of rotatable bonds is 9. The molecule has 2 heterocycles. The standard InChI is InChI=1S/C22H25N5O4S2/c1-25(2)33(29,30)17-9-6-8-16(14-17)15-32-22-24-23-21-26(12-7-13-31-3)20(28)18-10-4-5-11-19(18)27(21)22/h4-6,8-11,14H,7,12-13,15H2,1-3H3. The first-order chi connectivity index (χ1) is 15.8. The fourth-order valence-corrected chi connectivity index (χ4v) is 5.41. The Hall–Kier alpha value is -2.73.